The highest BCUT2D eigenvalue weighted by Gasteiger charge is 2.15. The third-order valence-corrected chi connectivity index (χ3v) is 6.03. The van der Waals surface area contributed by atoms with E-state index in [0.717, 1.165) is 44.9 Å². The van der Waals surface area contributed by atoms with Crippen molar-refractivity contribution in [2.45, 2.75) is 64.9 Å². The van der Waals surface area contributed by atoms with Crippen LogP contribution in [0.2, 0.25) is 0 Å². The van der Waals surface area contributed by atoms with Crippen molar-refractivity contribution in [2.24, 2.45) is 0 Å². The van der Waals surface area contributed by atoms with Gasteiger partial charge in [-0.1, -0.05) is 32.4 Å². The van der Waals surface area contributed by atoms with Gasteiger partial charge in [-0.05, 0) is 87.1 Å². The predicted molar refractivity (Wildman–Crippen MR) is 154 cm³/mol. The van der Waals surface area contributed by atoms with E-state index in [4.69, 9.17) is 18.9 Å². The number of ether oxygens (including phenoxy) is 5. The van der Waals surface area contributed by atoms with E-state index in [1.165, 1.54) is 20.3 Å². The second-order valence-corrected chi connectivity index (χ2v) is 9.33. The monoisotopic (exact) mass is 552 g/mol. The summed E-state index contributed by atoms with van der Waals surface area (Å²) in [6.07, 6.45) is 9.60. The molecule has 0 aliphatic heterocycles. The molecule has 0 saturated carbocycles. The number of methoxy groups -OCH3 is 2. The van der Waals surface area contributed by atoms with Gasteiger partial charge < -0.3 is 23.7 Å². The summed E-state index contributed by atoms with van der Waals surface area (Å²) in [7, 11) is 2.77. The maximum atomic E-state index is 12.8. The lowest BCUT2D eigenvalue weighted by atomic mass is 10.0. The number of unbranched alkanes of at least 4 members (excludes halogenated alkanes) is 3. The lowest BCUT2D eigenvalue weighted by Crippen LogP contribution is -2.17. The van der Waals surface area contributed by atoms with Gasteiger partial charge >= 0.3 is 17.9 Å². The molecular formula is C32H40O8. The summed E-state index contributed by atoms with van der Waals surface area (Å²) in [5.41, 5.74) is 1.47. The fourth-order valence-electron chi connectivity index (χ4n) is 3.76. The summed E-state index contributed by atoms with van der Waals surface area (Å²) < 4.78 is 26.9. The van der Waals surface area contributed by atoms with Gasteiger partial charge in [-0.3, -0.25) is 0 Å². The molecule has 0 N–H and O–H groups in total. The van der Waals surface area contributed by atoms with Crippen LogP contribution < -0.4 is 14.2 Å². The number of carbonyl (C=O) groups excluding carboxylic acids is 3. The Morgan fingerprint density at radius 2 is 1.65 bits per heavy atom. The summed E-state index contributed by atoms with van der Waals surface area (Å²) >= 11 is 0. The molecule has 0 aromatic heterocycles. The van der Waals surface area contributed by atoms with E-state index in [-0.39, 0.29) is 17.8 Å². The minimum absolute atomic E-state index is 0.0618. The van der Waals surface area contributed by atoms with Crippen molar-refractivity contribution in [3.8, 4) is 17.2 Å². The van der Waals surface area contributed by atoms with Crippen molar-refractivity contribution in [2.75, 3.05) is 20.8 Å². The fraction of sp³-hybridized carbons (Fsp3) is 0.406. The van der Waals surface area contributed by atoms with Crippen LogP contribution >= 0.6 is 0 Å². The van der Waals surface area contributed by atoms with E-state index >= 15 is 0 Å². The van der Waals surface area contributed by atoms with Crippen LogP contribution in [0.5, 0.6) is 17.2 Å². The van der Waals surface area contributed by atoms with E-state index < -0.39 is 11.9 Å². The number of benzene rings is 2. The molecular weight excluding hydrogens is 512 g/mol. The Kier molecular flexibility index (Phi) is 14.1. The molecule has 2 aromatic carbocycles. The van der Waals surface area contributed by atoms with E-state index in [2.05, 4.69) is 18.2 Å². The van der Waals surface area contributed by atoms with Crippen molar-refractivity contribution >= 4 is 24.0 Å². The van der Waals surface area contributed by atoms with Crippen molar-refractivity contribution in [3.63, 3.8) is 0 Å². The second-order valence-electron chi connectivity index (χ2n) is 9.33. The Morgan fingerprint density at radius 1 is 0.925 bits per heavy atom. The van der Waals surface area contributed by atoms with Crippen LogP contribution in [-0.2, 0) is 19.1 Å². The Balaban J connectivity index is 1.92. The van der Waals surface area contributed by atoms with Gasteiger partial charge in [0.2, 0.25) is 0 Å². The number of hydrogen-bond donors (Lipinski definition) is 0. The molecule has 216 valence electrons. The molecule has 0 heterocycles. The first kappa shape index (κ1) is 32.1. The third-order valence-electron chi connectivity index (χ3n) is 6.03. The van der Waals surface area contributed by atoms with E-state index in [1.54, 1.807) is 55.5 Å². The van der Waals surface area contributed by atoms with Gasteiger partial charge in [-0.15, -0.1) is 0 Å². The SMILES string of the molecule is C=C(C)C(=O)OCCCCCC(CCCC)Oc1ccc(C(=O)Oc2ccc(/C=C/C(=O)OC)cc2OC)cc1. The molecule has 0 aliphatic rings. The van der Waals surface area contributed by atoms with Crippen LogP contribution in [0.3, 0.4) is 0 Å². The number of rotatable bonds is 17. The smallest absolute Gasteiger partial charge is 0.343 e. The maximum Gasteiger partial charge on any atom is 0.343 e. The minimum Gasteiger partial charge on any atom is -0.493 e. The number of carbonyl (C=O) groups is 3. The summed E-state index contributed by atoms with van der Waals surface area (Å²) in [5.74, 6) is -0.0501. The highest BCUT2D eigenvalue weighted by molar-refractivity contribution is 5.91. The van der Waals surface area contributed by atoms with Crippen molar-refractivity contribution in [1.29, 1.82) is 0 Å². The standard InChI is InChI=1S/C32H40O8/c1-6-7-11-26(12-9-8-10-21-38-31(34)23(2)3)39-27-17-15-25(16-18-27)32(35)40-28-19-13-24(22-29(28)36-4)14-20-30(33)37-5/h13-20,22,26H,2,6-12,21H2,1,3-5H3/b20-14+. The van der Waals surface area contributed by atoms with Crippen LogP contribution in [0.15, 0.2) is 60.7 Å². The minimum atomic E-state index is -0.530. The Hall–Kier alpha value is -4.07. The van der Waals surface area contributed by atoms with Crippen molar-refractivity contribution < 1.29 is 38.1 Å². The molecule has 0 spiro atoms. The van der Waals surface area contributed by atoms with Crippen molar-refractivity contribution in [1.82, 2.24) is 0 Å². The van der Waals surface area contributed by atoms with Crippen LogP contribution in [0.4, 0.5) is 0 Å². The van der Waals surface area contributed by atoms with Gasteiger partial charge in [0.25, 0.3) is 0 Å². The number of hydrogen-bond acceptors (Lipinski definition) is 8. The summed E-state index contributed by atoms with van der Waals surface area (Å²) in [4.78, 5) is 35.6. The summed E-state index contributed by atoms with van der Waals surface area (Å²) in [5, 5.41) is 0. The largest absolute Gasteiger partial charge is 0.493 e. The average molecular weight is 553 g/mol. The number of esters is 3. The molecule has 0 radical (unpaired) electrons. The van der Waals surface area contributed by atoms with Gasteiger partial charge in [0.1, 0.15) is 5.75 Å². The lowest BCUT2D eigenvalue weighted by molar-refractivity contribution is -0.139. The quantitative estimate of drug-likeness (QED) is 0.0924. The molecule has 0 aliphatic carbocycles. The molecule has 8 heteroatoms. The Bertz CT molecular complexity index is 1150. The average Bonchev–Trinajstić information content (AvgIpc) is 2.96. The highest BCUT2D eigenvalue weighted by Crippen LogP contribution is 2.30. The lowest BCUT2D eigenvalue weighted by Gasteiger charge is -2.19. The van der Waals surface area contributed by atoms with Gasteiger partial charge in [0.15, 0.2) is 11.5 Å². The fourth-order valence-corrected chi connectivity index (χ4v) is 3.76. The van der Waals surface area contributed by atoms with Crippen LogP contribution in [0.25, 0.3) is 6.08 Å². The molecule has 0 bridgehead atoms. The molecule has 0 amide bonds. The normalized spacial score (nSPS) is 11.5. The molecule has 2 aromatic rings. The first-order valence-electron chi connectivity index (χ1n) is 13.5. The predicted octanol–water partition coefficient (Wildman–Crippen LogP) is 6.72. The van der Waals surface area contributed by atoms with Crippen LogP contribution in [-0.4, -0.2) is 44.8 Å². The van der Waals surface area contributed by atoms with E-state index in [1.807, 2.05) is 0 Å². The Morgan fingerprint density at radius 3 is 2.30 bits per heavy atom. The van der Waals surface area contributed by atoms with Crippen LogP contribution in [0.1, 0.15) is 74.7 Å². The first-order chi connectivity index (χ1) is 19.3. The van der Waals surface area contributed by atoms with Gasteiger partial charge in [0, 0.05) is 11.6 Å². The molecule has 2 rings (SSSR count). The van der Waals surface area contributed by atoms with Crippen molar-refractivity contribution in [3.05, 3.63) is 71.8 Å². The first-order valence-corrected chi connectivity index (χ1v) is 13.5. The highest BCUT2D eigenvalue weighted by atomic mass is 16.6. The van der Waals surface area contributed by atoms with E-state index in [9.17, 15) is 14.4 Å². The van der Waals surface area contributed by atoms with Gasteiger partial charge in [-0.25, -0.2) is 14.4 Å². The third kappa shape index (κ3) is 11.4. The zero-order chi connectivity index (χ0) is 29.3. The zero-order valence-corrected chi connectivity index (χ0v) is 23.9. The summed E-state index contributed by atoms with van der Waals surface area (Å²) in [6, 6.07) is 11.8. The van der Waals surface area contributed by atoms with Gasteiger partial charge in [-0.2, -0.15) is 0 Å². The van der Waals surface area contributed by atoms with E-state index in [0.29, 0.717) is 34.8 Å². The molecule has 0 fully saturated rings. The maximum absolute atomic E-state index is 12.8. The zero-order valence-electron chi connectivity index (χ0n) is 23.9. The molecule has 8 nitrogen and oxygen atoms in total. The van der Waals surface area contributed by atoms with Gasteiger partial charge in [0.05, 0.1) is 32.5 Å². The topological polar surface area (TPSA) is 97.4 Å². The summed E-state index contributed by atoms with van der Waals surface area (Å²) in [6.45, 7) is 7.76. The molecule has 1 atom stereocenters. The second kappa shape index (κ2) is 17.5. The molecule has 1 unspecified atom stereocenters. The molecule has 0 saturated heterocycles. The Labute approximate surface area is 236 Å². The van der Waals surface area contributed by atoms with Crippen LogP contribution in [0, 0.1) is 0 Å². The molecule has 40 heavy (non-hydrogen) atoms.